The second kappa shape index (κ2) is 6.03. The SMILES string of the molecule is CCCOc1nc(NCC)c(Cl)cc1Cl. The molecule has 5 heteroatoms. The van der Waals surface area contributed by atoms with Crippen LogP contribution < -0.4 is 10.1 Å². The second-order valence-electron chi connectivity index (χ2n) is 2.98. The van der Waals surface area contributed by atoms with Gasteiger partial charge in [0.25, 0.3) is 0 Å². The molecule has 1 aromatic heterocycles. The van der Waals surface area contributed by atoms with Crippen LogP contribution in [0.4, 0.5) is 5.82 Å². The molecule has 15 heavy (non-hydrogen) atoms. The fourth-order valence-corrected chi connectivity index (χ4v) is 1.52. The van der Waals surface area contributed by atoms with Crippen LogP contribution in [0.1, 0.15) is 20.3 Å². The predicted molar refractivity (Wildman–Crippen MR) is 64.2 cm³/mol. The van der Waals surface area contributed by atoms with Gasteiger partial charge in [-0.15, -0.1) is 0 Å². The van der Waals surface area contributed by atoms with E-state index < -0.39 is 0 Å². The molecule has 3 nitrogen and oxygen atoms in total. The molecule has 1 N–H and O–H groups in total. The predicted octanol–water partition coefficient (Wildman–Crippen LogP) is 3.61. The quantitative estimate of drug-likeness (QED) is 0.865. The number of nitrogens with zero attached hydrogens (tertiary/aromatic N) is 1. The van der Waals surface area contributed by atoms with Crippen molar-refractivity contribution in [3.8, 4) is 5.88 Å². The zero-order valence-corrected chi connectivity index (χ0v) is 10.3. The number of hydrogen-bond acceptors (Lipinski definition) is 3. The van der Waals surface area contributed by atoms with Crippen molar-refractivity contribution in [1.82, 2.24) is 4.98 Å². The molecule has 0 saturated heterocycles. The number of anilines is 1. The van der Waals surface area contributed by atoms with E-state index in [4.69, 9.17) is 27.9 Å². The molecule has 0 aliphatic rings. The fourth-order valence-electron chi connectivity index (χ4n) is 1.04. The Labute approximate surface area is 99.7 Å². The van der Waals surface area contributed by atoms with Gasteiger partial charge in [0, 0.05) is 6.54 Å². The molecular weight excluding hydrogens is 235 g/mol. The molecule has 0 spiro atoms. The van der Waals surface area contributed by atoms with Gasteiger partial charge in [-0.25, -0.2) is 0 Å². The summed E-state index contributed by atoms with van der Waals surface area (Å²) in [6.45, 7) is 5.34. The van der Waals surface area contributed by atoms with E-state index in [-0.39, 0.29) is 0 Å². The number of aromatic nitrogens is 1. The molecule has 0 unspecified atom stereocenters. The first-order valence-electron chi connectivity index (χ1n) is 4.91. The topological polar surface area (TPSA) is 34.1 Å². The fraction of sp³-hybridized carbons (Fsp3) is 0.500. The van der Waals surface area contributed by atoms with Crippen LogP contribution in [0.25, 0.3) is 0 Å². The zero-order chi connectivity index (χ0) is 11.3. The van der Waals surface area contributed by atoms with Crippen LogP contribution in [-0.2, 0) is 0 Å². The van der Waals surface area contributed by atoms with E-state index >= 15 is 0 Å². The molecule has 0 bridgehead atoms. The summed E-state index contributed by atoms with van der Waals surface area (Å²) in [6.07, 6.45) is 0.914. The van der Waals surface area contributed by atoms with Crippen LogP contribution >= 0.6 is 23.2 Å². The first-order chi connectivity index (χ1) is 7.19. The lowest BCUT2D eigenvalue weighted by molar-refractivity contribution is 0.306. The van der Waals surface area contributed by atoms with Crippen LogP contribution in [0.2, 0.25) is 10.0 Å². The maximum absolute atomic E-state index is 5.95. The Kier molecular flexibility index (Phi) is 4.99. The van der Waals surface area contributed by atoms with Crippen molar-refractivity contribution in [3.63, 3.8) is 0 Å². The largest absolute Gasteiger partial charge is 0.477 e. The molecule has 1 heterocycles. The number of halogens is 2. The number of pyridine rings is 1. The summed E-state index contributed by atoms with van der Waals surface area (Å²) in [4.78, 5) is 4.20. The highest BCUT2D eigenvalue weighted by Crippen LogP contribution is 2.30. The zero-order valence-electron chi connectivity index (χ0n) is 8.81. The number of nitrogens with one attached hydrogen (secondary N) is 1. The van der Waals surface area contributed by atoms with E-state index in [1.807, 2.05) is 13.8 Å². The minimum Gasteiger partial charge on any atom is -0.477 e. The monoisotopic (exact) mass is 248 g/mol. The van der Waals surface area contributed by atoms with E-state index in [0.29, 0.717) is 28.3 Å². The van der Waals surface area contributed by atoms with Gasteiger partial charge in [0.15, 0.2) is 0 Å². The van der Waals surface area contributed by atoms with Crippen LogP contribution in [0.15, 0.2) is 6.07 Å². The Bertz CT molecular complexity index is 331. The first-order valence-corrected chi connectivity index (χ1v) is 5.67. The van der Waals surface area contributed by atoms with Gasteiger partial charge in [-0.3, -0.25) is 0 Å². The number of ether oxygens (including phenoxy) is 1. The summed E-state index contributed by atoms with van der Waals surface area (Å²) in [5.41, 5.74) is 0. The summed E-state index contributed by atoms with van der Waals surface area (Å²) < 4.78 is 5.39. The summed E-state index contributed by atoms with van der Waals surface area (Å²) in [5, 5.41) is 3.98. The smallest absolute Gasteiger partial charge is 0.234 e. The molecule has 84 valence electrons. The lowest BCUT2D eigenvalue weighted by atomic mass is 10.4. The summed E-state index contributed by atoms with van der Waals surface area (Å²) >= 11 is 11.9. The summed E-state index contributed by atoms with van der Waals surface area (Å²) in [5.74, 6) is 1.04. The van der Waals surface area contributed by atoms with Crippen molar-refractivity contribution in [2.45, 2.75) is 20.3 Å². The normalized spacial score (nSPS) is 10.1. The van der Waals surface area contributed by atoms with E-state index in [1.54, 1.807) is 6.07 Å². The third-order valence-corrected chi connectivity index (χ3v) is 2.24. The lowest BCUT2D eigenvalue weighted by Gasteiger charge is -2.10. The molecule has 0 amide bonds. The molecule has 0 saturated carbocycles. The van der Waals surface area contributed by atoms with Crippen LogP contribution in [0, 0.1) is 0 Å². The van der Waals surface area contributed by atoms with Gasteiger partial charge in [-0.05, 0) is 19.4 Å². The third kappa shape index (κ3) is 3.43. The molecule has 0 fully saturated rings. The van der Waals surface area contributed by atoms with Crippen molar-refractivity contribution in [3.05, 3.63) is 16.1 Å². The number of rotatable bonds is 5. The van der Waals surface area contributed by atoms with Crippen molar-refractivity contribution in [2.75, 3.05) is 18.5 Å². The summed E-state index contributed by atoms with van der Waals surface area (Å²) in [7, 11) is 0. The average Bonchev–Trinajstić information content (AvgIpc) is 2.20. The highest BCUT2D eigenvalue weighted by atomic mass is 35.5. The maximum atomic E-state index is 5.95. The van der Waals surface area contributed by atoms with Gasteiger partial charge in [0.2, 0.25) is 5.88 Å². The van der Waals surface area contributed by atoms with Gasteiger partial charge in [0.1, 0.15) is 10.8 Å². The molecule has 0 aliphatic heterocycles. The summed E-state index contributed by atoms with van der Waals surface area (Å²) in [6, 6.07) is 1.64. The van der Waals surface area contributed by atoms with Gasteiger partial charge < -0.3 is 10.1 Å². The Balaban J connectivity index is 2.90. The Morgan fingerprint density at radius 3 is 2.67 bits per heavy atom. The molecule has 0 radical (unpaired) electrons. The van der Waals surface area contributed by atoms with E-state index in [1.165, 1.54) is 0 Å². The Hall–Kier alpha value is -0.670. The molecule has 0 atom stereocenters. The molecule has 1 rings (SSSR count). The average molecular weight is 249 g/mol. The van der Waals surface area contributed by atoms with Crippen molar-refractivity contribution < 1.29 is 4.74 Å². The van der Waals surface area contributed by atoms with Gasteiger partial charge in [0.05, 0.1) is 11.6 Å². The Morgan fingerprint density at radius 2 is 2.07 bits per heavy atom. The minimum absolute atomic E-state index is 0.430. The molecular formula is C10H14Cl2N2O. The van der Waals surface area contributed by atoms with Crippen molar-refractivity contribution in [2.24, 2.45) is 0 Å². The minimum atomic E-state index is 0.430. The number of hydrogen-bond donors (Lipinski definition) is 1. The second-order valence-corrected chi connectivity index (χ2v) is 3.80. The first kappa shape index (κ1) is 12.4. The molecule has 0 aromatic carbocycles. The van der Waals surface area contributed by atoms with Gasteiger partial charge >= 0.3 is 0 Å². The van der Waals surface area contributed by atoms with Crippen molar-refractivity contribution >= 4 is 29.0 Å². The van der Waals surface area contributed by atoms with Crippen LogP contribution in [-0.4, -0.2) is 18.1 Å². The van der Waals surface area contributed by atoms with E-state index in [2.05, 4.69) is 10.3 Å². The molecule has 0 aliphatic carbocycles. The van der Waals surface area contributed by atoms with Crippen LogP contribution in [0.3, 0.4) is 0 Å². The van der Waals surface area contributed by atoms with E-state index in [0.717, 1.165) is 13.0 Å². The highest BCUT2D eigenvalue weighted by molar-refractivity contribution is 6.36. The van der Waals surface area contributed by atoms with E-state index in [9.17, 15) is 0 Å². The highest BCUT2D eigenvalue weighted by Gasteiger charge is 2.09. The van der Waals surface area contributed by atoms with Gasteiger partial charge in [-0.1, -0.05) is 30.1 Å². The maximum Gasteiger partial charge on any atom is 0.234 e. The standard InChI is InChI=1S/C10H14Cl2N2O/c1-3-5-15-10-8(12)6-7(11)9(14-10)13-4-2/h6H,3-5H2,1-2H3,(H,13,14). The Morgan fingerprint density at radius 1 is 1.33 bits per heavy atom. The molecule has 1 aromatic rings. The van der Waals surface area contributed by atoms with Crippen molar-refractivity contribution in [1.29, 1.82) is 0 Å². The third-order valence-electron chi connectivity index (χ3n) is 1.68. The van der Waals surface area contributed by atoms with Crippen LogP contribution in [0.5, 0.6) is 5.88 Å². The van der Waals surface area contributed by atoms with Gasteiger partial charge in [-0.2, -0.15) is 4.98 Å². The lowest BCUT2D eigenvalue weighted by Crippen LogP contribution is -2.03.